The fourth-order valence-electron chi connectivity index (χ4n) is 3.92. The number of benzene rings is 1. The number of amides is 2. The van der Waals surface area contributed by atoms with Crippen molar-refractivity contribution in [2.75, 3.05) is 37.6 Å². The molecule has 1 aromatic carbocycles. The maximum atomic E-state index is 12.9. The van der Waals surface area contributed by atoms with Crippen LogP contribution in [0.15, 0.2) is 48.8 Å². The van der Waals surface area contributed by atoms with Gasteiger partial charge >= 0.3 is 0 Å². The second kappa shape index (κ2) is 8.19. The number of hydrogen-bond acceptors (Lipinski definition) is 4. The maximum Gasteiger partial charge on any atom is 0.228 e. The van der Waals surface area contributed by atoms with Crippen molar-refractivity contribution in [3.8, 4) is 0 Å². The van der Waals surface area contributed by atoms with Crippen LogP contribution >= 0.6 is 11.6 Å². The lowest BCUT2D eigenvalue weighted by atomic mass is 10.1. The van der Waals surface area contributed by atoms with Gasteiger partial charge in [0.25, 0.3) is 0 Å². The van der Waals surface area contributed by atoms with Gasteiger partial charge in [-0.05, 0) is 35.9 Å². The third-order valence-corrected chi connectivity index (χ3v) is 5.69. The summed E-state index contributed by atoms with van der Waals surface area (Å²) in [5, 5.41) is 0.717. The molecule has 0 bridgehead atoms. The zero-order chi connectivity index (χ0) is 19.5. The van der Waals surface area contributed by atoms with E-state index in [1.807, 2.05) is 41.3 Å². The molecule has 2 aliphatic heterocycles. The molecule has 146 valence electrons. The van der Waals surface area contributed by atoms with E-state index in [1.54, 1.807) is 17.3 Å². The summed E-state index contributed by atoms with van der Waals surface area (Å²) in [4.78, 5) is 35.2. The highest BCUT2D eigenvalue weighted by atomic mass is 35.5. The number of carbonyl (C=O) groups excluding carboxylic acids is 2. The Morgan fingerprint density at radius 2 is 1.86 bits per heavy atom. The van der Waals surface area contributed by atoms with E-state index < -0.39 is 0 Å². The minimum absolute atomic E-state index is 0.0488. The molecular formula is C21H23ClN4O2. The molecule has 1 unspecified atom stereocenters. The first-order chi connectivity index (χ1) is 13.6. The Hall–Kier alpha value is -2.60. The molecule has 28 heavy (non-hydrogen) atoms. The molecule has 0 saturated carbocycles. The van der Waals surface area contributed by atoms with Gasteiger partial charge in [-0.15, -0.1) is 0 Å². The van der Waals surface area contributed by atoms with Crippen molar-refractivity contribution in [1.29, 1.82) is 0 Å². The van der Waals surface area contributed by atoms with Crippen LogP contribution < -0.4 is 4.90 Å². The lowest BCUT2D eigenvalue weighted by molar-refractivity contribution is -0.136. The van der Waals surface area contributed by atoms with E-state index in [1.165, 1.54) is 0 Å². The van der Waals surface area contributed by atoms with Crippen LogP contribution in [0.5, 0.6) is 0 Å². The van der Waals surface area contributed by atoms with E-state index in [0.29, 0.717) is 32.6 Å². The van der Waals surface area contributed by atoms with Gasteiger partial charge in [-0.2, -0.15) is 0 Å². The standard InChI is InChI=1S/C21H23ClN4O2/c22-18-2-1-3-19(13-18)24-8-10-25(11-9-24)21(28)17-12-20(27)26(15-17)14-16-4-6-23-7-5-16/h1-7,13,17H,8-12,14-15H2. The number of anilines is 1. The Kier molecular flexibility index (Phi) is 5.48. The lowest BCUT2D eigenvalue weighted by Crippen LogP contribution is -2.50. The van der Waals surface area contributed by atoms with Crippen molar-refractivity contribution in [3.05, 3.63) is 59.4 Å². The molecule has 3 heterocycles. The highest BCUT2D eigenvalue weighted by Crippen LogP contribution is 2.24. The minimum Gasteiger partial charge on any atom is -0.368 e. The van der Waals surface area contributed by atoms with Gasteiger partial charge in [0.2, 0.25) is 11.8 Å². The van der Waals surface area contributed by atoms with E-state index in [9.17, 15) is 9.59 Å². The molecule has 2 aromatic rings. The van der Waals surface area contributed by atoms with E-state index in [-0.39, 0.29) is 17.7 Å². The molecular weight excluding hydrogens is 376 g/mol. The topological polar surface area (TPSA) is 56.8 Å². The first-order valence-corrected chi connectivity index (χ1v) is 9.94. The predicted molar refractivity (Wildman–Crippen MR) is 108 cm³/mol. The van der Waals surface area contributed by atoms with Crippen LogP contribution in [0.3, 0.4) is 0 Å². The summed E-state index contributed by atoms with van der Waals surface area (Å²) in [5.41, 5.74) is 2.12. The number of piperazine rings is 1. The van der Waals surface area contributed by atoms with Gasteiger partial charge in [0.05, 0.1) is 5.92 Å². The van der Waals surface area contributed by atoms with Crippen molar-refractivity contribution in [1.82, 2.24) is 14.8 Å². The number of likely N-dealkylation sites (tertiary alicyclic amines) is 1. The monoisotopic (exact) mass is 398 g/mol. The van der Waals surface area contributed by atoms with Gasteiger partial charge in [0.1, 0.15) is 0 Å². The molecule has 2 fully saturated rings. The third-order valence-electron chi connectivity index (χ3n) is 5.45. The van der Waals surface area contributed by atoms with E-state index >= 15 is 0 Å². The van der Waals surface area contributed by atoms with Crippen molar-refractivity contribution in [2.45, 2.75) is 13.0 Å². The van der Waals surface area contributed by atoms with Crippen LogP contribution in [0.1, 0.15) is 12.0 Å². The second-order valence-electron chi connectivity index (χ2n) is 7.32. The summed E-state index contributed by atoms with van der Waals surface area (Å²) in [6.07, 6.45) is 3.74. The average Bonchev–Trinajstić information content (AvgIpc) is 3.08. The largest absolute Gasteiger partial charge is 0.368 e. The average molecular weight is 399 g/mol. The summed E-state index contributed by atoms with van der Waals surface area (Å²) in [7, 11) is 0. The third kappa shape index (κ3) is 4.12. The van der Waals surface area contributed by atoms with Crippen LogP contribution in [0.2, 0.25) is 5.02 Å². The SMILES string of the molecule is O=C1CC(C(=O)N2CCN(c3cccc(Cl)c3)CC2)CN1Cc1ccncc1. The van der Waals surface area contributed by atoms with Gasteiger partial charge in [-0.3, -0.25) is 14.6 Å². The van der Waals surface area contributed by atoms with Gasteiger partial charge in [0.15, 0.2) is 0 Å². The highest BCUT2D eigenvalue weighted by molar-refractivity contribution is 6.30. The summed E-state index contributed by atoms with van der Waals surface area (Å²) < 4.78 is 0. The fourth-order valence-corrected chi connectivity index (χ4v) is 4.10. The van der Waals surface area contributed by atoms with Crippen LogP contribution in [0, 0.1) is 5.92 Å². The summed E-state index contributed by atoms with van der Waals surface area (Å²) in [6, 6.07) is 11.6. The van der Waals surface area contributed by atoms with Crippen LogP contribution in [0.4, 0.5) is 5.69 Å². The van der Waals surface area contributed by atoms with Crippen LogP contribution in [-0.4, -0.2) is 59.3 Å². The Morgan fingerprint density at radius 3 is 2.57 bits per heavy atom. The van der Waals surface area contributed by atoms with Crippen molar-refractivity contribution in [2.24, 2.45) is 5.92 Å². The molecule has 4 rings (SSSR count). The number of carbonyl (C=O) groups is 2. The molecule has 1 atom stereocenters. The van der Waals surface area contributed by atoms with Gasteiger partial charge in [-0.1, -0.05) is 17.7 Å². The number of nitrogens with zero attached hydrogens (tertiary/aromatic N) is 4. The molecule has 2 aliphatic rings. The minimum atomic E-state index is -0.243. The van der Waals surface area contributed by atoms with Crippen molar-refractivity contribution < 1.29 is 9.59 Å². The molecule has 1 aromatic heterocycles. The molecule has 0 spiro atoms. The molecule has 0 radical (unpaired) electrons. The molecule has 6 nitrogen and oxygen atoms in total. The number of pyridine rings is 1. The number of aromatic nitrogens is 1. The first kappa shape index (κ1) is 18.7. The Labute approximate surface area is 169 Å². The second-order valence-corrected chi connectivity index (χ2v) is 7.76. The predicted octanol–water partition coefficient (Wildman–Crippen LogP) is 2.43. The molecule has 2 amide bonds. The maximum absolute atomic E-state index is 12.9. The molecule has 2 saturated heterocycles. The summed E-state index contributed by atoms with van der Waals surface area (Å²) in [5.74, 6) is -0.101. The first-order valence-electron chi connectivity index (χ1n) is 9.56. The van der Waals surface area contributed by atoms with Crippen molar-refractivity contribution >= 4 is 29.1 Å². The number of hydrogen-bond donors (Lipinski definition) is 0. The molecule has 0 N–H and O–H groups in total. The zero-order valence-corrected chi connectivity index (χ0v) is 16.4. The molecule has 7 heteroatoms. The summed E-state index contributed by atoms with van der Waals surface area (Å²) in [6.45, 7) is 3.91. The Balaban J connectivity index is 1.32. The normalized spacial score (nSPS) is 20.0. The van der Waals surface area contributed by atoms with E-state index in [4.69, 9.17) is 11.6 Å². The summed E-state index contributed by atoms with van der Waals surface area (Å²) >= 11 is 6.08. The number of halogens is 1. The van der Waals surface area contributed by atoms with Gasteiger partial charge in [0, 0.05) is 68.8 Å². The van der Waals surface area contributed by atoms with Gasteiger partial charge in [-0.25, -0.2) is 0 Å². The lowest BCUT2D eigenvalue weighted by Gasteiger charge is -2.37. The van der Waals surface area contributed by atoms with E-state index in [0.717, 1.165) is 29.4 Å². The number of rotatable bonds is 4. The van der Waals surface area contributed by atoms with Gasteiger partial charge < -0.3 is 14.7 Å². The fraction of sp³-hybridized carbons (Fsp3) is 0.381. The van der Waals surface area contributed by atoms with Crippen LogP contribution in [-0.2, 0) is 16.1 Å². The quantitative estimate of drug-likeness (QED) is 0.793. The smallest absolute Gasteiger partial charge is 0.228 e. The highest BCUT2D eigenvalue weighted by Gasteiger charge is 2.37. The zero-order valence-electron chi connectivity index (χ0n) is 15.6. The van der Waals surface area contributed by atoms with Crippen molar-refractivity contribution in [3.63, 3.8) is 0 Å². The van der Waals surface area contributed by atoms with E-state index in [2.05, 4.69) is 9.88 Å². The Morgan fingerprint density at radius 1 is 1.11 bits per heavy atom. The van der Waals surface area contributed by atoms with Crippen LogP contribution in [0.25, 0.3) is 0 Å². The molecule has 0 aliphatic carbocycles. The Bertz CT molecular complexity index is 852.